The molecule has 0 rings (SSSR count). The lowest BCUT2D eigenvalue weighted by Crippen LogP contribution is -2.09. The fraction of sp³-hybridized carbons (Fsp3) is 0.800. The Balaban J connectivity index is 0. The number of aliphatic hydroxyl groups excluding tert-OH is 2. The summed E-state index contributed by atoms with van der Waals surface area (Å²) >= 11 is 0. The van der Waals surface area contributed by atoms with Gasteiger partial charge in [0.25, 0.3) is 0 Å². The highest BCUT2D eigenvalue weighted by atomic mass is 16.5. The van der Waals surface area contributed by atoms with Crippen LogP contribution in [0, 0.1) is 0 Å². The van der Waals surface area contributed by atoms with E-state index in [0.717, 1.165) is 0 Å². The summed E-state index contributed by atoms with van der Waals surface area (Å²) in [5, 5.41) is 16.5. The molecule has 92 valence electrons. The first kappa shape index (κ1) is 16.8. The van der Waals surface area contributed by atoms with Crippen LogP contribution in [0.4, 0.5) is 0 Å². The molecule has 0 aromatic rings. The SMILES string of the molecule is C/C=C\OC.OCCOCCOCCO. The van der Waals surface area contributed by atoms with Crippen molar-refractivity contribution in [1.82, 2.24) is 0 Å². The van der Waals surface area contributed by atoms with Gasteiger partial charge in [-0.15, -0.1) is 0 Å². The Morgan fingerprint density at radius 1 is 0.933 bits per heavy atom. The number of aliphatic hydroxyl groups is 2. The summed E-state index contributed by atoms with van der Waals surface area (Å²) in [6.07, 6.45) is 3.46. The topological polar surface area (TPSA) is 68.2 Å². The molecule has 5 heteroatoms. The molecule has 5 nitrogen and oxygen atoms in total. The van der Waals surface area contributed by atoms with Crippen LogP contribution in [0.15, 0.2) is 12.3 Å². The quantitative estimate of drug-likeness (QED) is 0.452. The van der Waals surface area contributed by atoms with E-state index in [1.54, 1.807) is 13.4 Å². The molecule has 0 aliphatic carbocycles. The van der Waals surface area contributed by atoms with Crippen molar-refractivity contribution in [1.29, 1.82) is 0 Å². The van der Waals surface area contributed by atoms with Gasteiger partial charge in [-0.05, 0) is 6.92 Å². The molecular formula is C10H22O5. The van der Waals surface area contributed by atoms with Gasteiger partial charge in [-0.25, -0.2) is 0 Å². The number of methoxy groups -OCH3 is 1. The van der Waals surface area contributed by atoms with Crippen LogP contribution in [0.1, 0.15) is 6.92 Å². The maximum atomic E-state index is 8.26. The van der Waals surface area contributed by atoms with E-state index in [9.17, 15) is 0 Å². The predicted octanol–water partition coefficient (Wildman–Crippen LogP) is 0.171. The van der Waals surface area contributed by atoms with Crippen LogP contribution in [0.5, 0.6) is 0 Å². The van der Waals surface area contributed by atoms with Gasteiger partial charge in [-0.2, -0.15) is 0 Å². The summed E-state index contributed by atoms with van der Waals surface area (Å²) in [5.41, 5.74) is 0. The maximum absolute atomic E-state index is 8.26. The fourth-order valence-corrected chi connectivity index (χ4v) is 0.587. The molecule has 0 spiro atoms. The second-order valence-corrected chi connectivity index (χ2v) is 2.38. The third-order valence-corrected chi connectivity index (χ3v) is 1.12. The molecule has 2 N–H and O–H groups in total. The molecule has 0 aliphatic rings. The van der Waals surface area contributed by atoms with Crippen molar-refractivity contribution in [2.45, 2.75) is 6.92 Å². The van der Waals surface area contributed by atoms with Crippen LogP contribution >= 0.6 is 0 Å². The molecule has 0 unspecified atom stereocenters. The Kier molecular flexibility index (Phi) is 21.3. The van der Waals surface area contributed by atoms with Crippen LogP contribution in [-0.2, 0) is 14.2 Å². The Morgan fingerprint density at radius 3 is 1.60 bits per heavy atom. The Bertz CT molecular complexity index is 108. The second-order valence-electron chi connectivity index (χ2n) is 2.38. The molecule has 0 aromatic heterocycles. The van der Waals surface area contributed by atoms with Crippen LogP contribution in [-0.4, -0.2) is 57.0 Å². The average molecular weight is 222 g/mol. The number of allylic oxidation sites excluding steroid dienone is 1. The lowest BCUT2D eigenvalue weighted by Gasteiger charge is -2.01. The third kappa shape index (κ3) is 24.7. The van der Waals surface area contributed by atoms with Gasteiger partial charge >= 0.3 is 0 Å². The monoisotopic (exact) mass is 222 g/mol. The zero-order valence-electron chi connectivity index (χ0n) is 9.52. The van der Waals surface area contributed by atoms with E-state index in [4.69, 9.17) is 19.7 Å². The summed E-state index contributed by atoms with van der Waals surface area (Å²) in [6, 6.07) is 0. The zero-order valence-corrected chi connectivity index (χ0v) is 9.52. The van der Waals surface area contributed by atoms with Gasteiger partial charge < -0.3 is 24.4 Å². The molecule has 0 atom stereocenters. The van der Waals surface area contributed by atoms with Crippen molar-refractivity contribution in [3.63, 3.8) is 0 Å². The fourth-order valence-electron chi connectivity index (χ4n) is 0.587. The minimum Gasteiger partial charge on any atom is -0.505 e. The van der Waals surface area contributed by atoms with E-state index in [1.807, 2.05) is 13.0 Å². The van der Waals surface area contributed by atoms with E-state index in [-0.39, 0.29) is 13.2 Å². The van der Waals surface area contributed by atoms with Gasteiger partial charge in [0.15, 0.2) is 0 Å². The first-order chi connectivity index (χ1) is 7.33. The molecule has 0 saturated carbocycles. The molecule has 0 saturated heterocycles. The molecular weight excluding hydrogens is 200 g/mol. The van der Waals surface area contributed by atoms with Crippen molar-refractivity contribution in [2.24, 2.45) is 0 Å². The number of rotatable bonds is 8. The minimum atomic E-state index is 0.0417. The van der Waals surface area contributed by atoms with E-state index in [2.05, 4.69) is 4.74 Å². The van der Waals surface area contributed by atoms with Crippen molar-refractivity contribution >= 4 is 0 Å². The number of ether oxygens (including phenoxy) is 3. The lowest BCUT2D eigenvalue weighted by molar-refractivity contribution is 0.0222. The van der Waals surface area contributed by atoms with Crippen LogP contribution in [0.2, 0.25) is 0 Å². The highest BCUT2D eigenvalue weighted by molar-refractivity contribution is 4.63. The Morgan fingerprint density at radius 2 is 1.40 bits per heavy atom. The molecule has 0 aromatic carbocycles. The average Bonchev–Trinajstić information content (AvgIpc) is 2.25. The van der Waals surface area contributed by atoms with Crippen LogP contribution in [0.25, 0.3) is 0 Å². The highest BCUT2D eigenvalue weighted by Gasteiger charge is 1.86. The summed E-state index contributed by atoms with van der Waals surface area (Å²) < 4.78 is 14.3. The van der Waals surface area contributed by atoms with Gasteiger partial charge in [0.2, 0.25) is 0 Å². The first-order valence-electron chi connectivity index (χ1n) is 4.84. The van der Waals surface area contributed by atoms with Gasteiger partial charge in [0, 0.05) is 0 Å². The summed E-state index contributed by atoms with van der Waals surface area (Å²) in [6.45, 7) is 3.63. The van der Waals surface area contributed by atoms with Crippen molar-refractivity contribution in [3.05, 3.63) is 12.3 Å². The van der Waals surface area contributed by atoms with Gasteiger partial charge in [-0.3, -0.25) is 0 Å². The Hall–Kier alpha value is -0.620. The molecule has 0 bridgehead atoms. The molecule has 0 amide bonds. The van der Waals surface area contributed by atoms with E-state index in [1.165, 1.54) is 0 Å². The smallest absolute Gasteiger partial charge is 0.0781 e. The zero-order chi connectivity index (χ0) is 11.8. The van der Waals surface area contributed by atoms with Gasteiger partial charge in [-0.1, -0.05) is 6.08 Å². The Labute approximate surface area is 91.3 Å². The van der Waals surface area contributed by atoms with Crippen molar-refractivity contribution < 1.29 is 24.4 Å². The van der Waals surface area contributed by atoms with Crippen molar-refractivity contribution in [2.75, 3.05) is 46.8 Å². The van der Waals surface area contributed by atoms with Crippen LogP contribution in [0.3, 0.4) is 0 Å². The highest BCUT2D eigenvalue weighted by Crippen LogP contribution is 1.76. The number of hydrogen-bond acceptors (Lipinski definition) is 5. The van der Waals surface area contributed by atoms with E-state index < -0.39 is 0 Å². The summed E-state index contributed by atoms with van der Waals surface area (Å²) in [4.78, 5) is 0. The summed E-state index contributed by atoms with van der Waals surface area (Å²) in [7, 11) is 1.62. The molecule has 0 heterocycles. The van der Waals surface area contributed by atoms with Crippen LogP contribution < -0.4 is 0 Å². The summed E-state index contributed by atoms with van der Waals surface area (Å²) in [5.74, 6) is 0. The van der Waals surface area contributed by atoms with Crippen molar-refractivity contribution in [3.8, 4) is 0 Å². The standard InChI is InChI=1S/C6H14O4.C4H8O/c7-1-3-9-5-6-10-4-2-8;1-3-4-5-2/h7-8H,1-6H2;3-4H,1-2H3/b;4-3-. The lowest BCUT2D eigenvalue weighted by atomic mass is 10.7. The second kappa shape index (κ2) is 19.0. The largest absolute Gasteiger partial charge is 0.505 e. The molecule has 0 fully saturated rings. The molecule has 15 heavy (non-hydrogen) atoms. The maximum Gasteiger partial charge on any atom is 0.0781 e. The van der Waals surface area contributed by atoms with E-state index in [0.29, 0.717) is 26.4 Å². The first-order valence-corrected chi connectivity index (χ1v) is 4.84. The predicted molar refractivity (Wildman–Crippen MR) is 57.6 cm³/mol. The van der Waals surface area contributed by atoms with Gasteiger partial charge in [0.05, 0.1) is 53.0 Å². The number of hydrogen-bond donors (Lipinski definition) is 2. The minimum absolute atomic E-state index is 0.0417. The molecule has 0 radical (unpaired) electrons. The normalized spacial score (nSPS) is 9.87. The van der Waals surface area contributed by atoms with E-state index >= 15 is 0 Å². The third-order valence-electron chi connectivity index (χ3n) is 1.12. The molecule has 0 aliphatic heterocycles. The van der Waals surface area contributed by atoms with Gasteiger partial charge in [0.1, 0.15) is 0 Å².